The van der Waals surface area contributed by atoms with E-state index in [1.807, 2.05) is 39.0 Å². The average molecular weight is 389 g/mol. The zero-order valence-corrected chi connectivity index (χ0v) is 17.1. The summed E-state index contributed by atoms with van der Waals surface area (Å²) in [4.78, 5) is 26.1. The number of hydrogen-bond donors (Lipinski definition) is 1. The van der Waals surface area contributed by atoms with Crippen molar-refractivity contribution in [3.63, 3.8) is 0 Å². The maximum absolute atomic E-state index is 12.4. The van der Waals surface area contributed by atoms with Crippen molar-refractivity contribution in [3.8, 4) is 5.75 Å². The van der Waals surface area contributed by atoms with Gasteiger partial charge in [-0.3, -0.25) is 9.59 Å². The predicted octanol–water partition coefficient (Wildman–Crippen LogP) is 4.66. The quantitative estimate of drug-likeness (QED) is 0.783. The van der Waals surface area contributed by atoms with Crippen molar-refractivity contribution in [1.29, 1.82) is 0 Å². The maximum Gasteiger partial charge on any atom is 0.226 e. The summed E-state index contributed by atoms with van der Waals surface area (Å²) in [7, 11) is 1.52. The van der Waals surface area contributed by atoms with Crippen LogP contribution in [0.15, 0.2) is 30.3 Å². The highest BCUT2D eigenvalue weighted by molar-refractivity contribution is 6.31. The first-order valence-corrected chi connectivity index (χ1v) is 9.10. The first-order chi connectivity index (χ1) is 12.7. The number of benzene rings is 2. The number of carbonyl (C=O) groups excluding carboxylic acids is 2. The van der Waals surface area contributed by atoms with Gasteiger partial charge < -0.3 is 15.0 Å². The van der Waals surface area contributed by atoms with Crippen LogP contribution < -0.4 is 15.0 Å². The summed E-state index contributed by atoms with van der Waals surface area (Å²) < 4.78 is 5.36. The number of ether oxygens (including phenoxy) is 1. The van der Waals surface area contributed by atoms with E-state index in [1.165, 1.54) is 18.9 Å². The lowest BCUT2D eigenvalue weighted by Crippen LogP contribution is -2.32. The van der Waals surface area contributed by atoms with Crippen molar-refractivity contribution in [2.75, 3.05) is 23.9 Å². The van der Waals surface area contributed by atoms with Crippen LogP contribution in [0.5, 0.6) is 5.75 Å². The number of rotatable bonds is 6. The Balaban J connectivity index is 2.15. The summed E-state index contributed by atoms with van der Waals surface area (Å²) in [6, 6.07) is 9.37. The van der Waals surface area contributed by atoms with Gasteiger partial charge in [-0.05, 0) is 49.6 Å². The second kappa shape index (κ2) is 8.91. The number of hydrogen-bond acceptors (Lipinski definition) is 3. The molecule has 0 unspecified atom stereocenters. The van der Waals surface area contributed by atoms with Crippen LogP contribution in [0.2, 0.25) is 5.02 Å². The number of anilines is 2. The van der Waals surface area contributed by atoms with Gasteiger partial charge in [-0.1, -0.05) is 23.7 Å². The molecule has 0 radical (unpaired) electrons. The van der Waals surface area contributed by atoms with Crippen LogP contribution in [0.1, 0.15) is 30.0 Å². The van der Waals surface area contributed by atoms with Gasteiger partial charge in [0.2, 0.25) is 11.8 Å². The van der Waals surface area contributed by atoms with Gasteiger partial charge in [0.25, 0.3) is 0 Å². The highest BCUT2D eigenvalue weighted by Crippen LogP contribution is 2.34. The molecule has 0 spiro atoms. The van der Waals surface area contributed by atoms with Crippen LogP contribution in [0.25, 0.3) is 0 Å². The van der Waals surface area contributed by atoms with Crippen LogP contribution >= 0.6 is 11.6 Å². The molecule has 27 heavy (non-hydrogen) atoms. The van der Waals surface area contributed by atoms with E-state index in [1.54, 1.807) is 12.1 Å². The Morgan fingerprint density at radius 2 is 1.81 bits per heavy atom. The Morgan fingerprint density at radius 1 is 1.11 bits per heavy atom. The fraction of sp³-hybridized carbons (Fsp3) is 0.333. The molecule has 0 atom stereocenters. The highest BCUT2D eigenvalue weighted by atomic mass is 35.5. The largest absolute Gasteiger partial charge is 0.495 e. The first kappa shape index (κ1) is 20.8. The van der Waals surface area contributed by atoms with E-state index >= 15 is 0 Å². The van der Waals surface area contributed by atoms with E-state index in [4.69, 9.17) is 16.3 Å². The van der Waals surface area contributed by atoms with Crippen LogP contribution in [0, 0.1) is 20.8 Å². The van der Waals surface area contributed by atoms with Crippen molar-refractivity contribution in [3.05, 3.63) is 52.0 Å². The molecule has 0 aliphatic carbocycles. The van der Waals surface area contributed by atoms with Crippen LogP contribution in [0.3, 0.4) is 0 Å². The number of nitrogens with one attached hydrogen (secondary N) is 1. The minimum atomic E-state index is -0.172. The summed E-state index contributed by atoms with van der Waals surface area (Å²) in [6.07, 6.45) is 0.164. The molecule has 0 aliphatic heterocycles. The molecule has 0 aliphatic rings. The SMILES string of the molecule is COc1cc(Cl)c(C)cc1N(CCC(=O)Nc1cc(C)ccc1C)C(C)=O. The summed E-state index contributed by atoms with van der Waals surface area (Å²) in [6.45, 7) is 7.48. The molecule has 2 aromatic rings. The summed E-state index contributed by atoms with van der Waals surface area (Å²) in [5.74, 6) is 0.171. The number of amides is 2. The Bertz CT molecular complexity index is 865. The lowest BCUT2D eigenvalue weighted by atomic mass is 10.1. The van der Waals surface area contributed by atoms with Crippen molar-refractivity contribution < 1.29 is 14.3 Å². The van der Waals surface area contributed by atoms with Crippen molar-refractivity contribution in [2.24, 2.45) is 0 Å². The highest BCUT2D eigenvalue weighted by Gasteiger charge is 2.19. The molecule has 0 fully saturated rings. The Kier molecular flexibility index (Phi) is 6.86. The number of aryl methyl sites for hydroxylation is 3. The fourth-order valence-electron chi connectivity index (χ4n) is 2.77. The van der Waals surface area contributed by atoms with Crippen LogP contribution in [-0.4, -0.2) is 25.5 Å². The Labute approximate surface area is 165 Å². The fourth-order valence-corrected chi connectivity index (χ4v) is 2.92. The summed E-state index contributed by atoms with van der Waals surface area (Å²) in [5.41, 5.74) is 4.29. The molecular weight excluding hydrogens is 364 g/mol. The maximum atomic E-state index is 12.4. The number of halogens is 1. The van der Waals surface area contributed by atoms with Gasteiger partial charge in [-0.2, -0.15) is 0 Å². The number of methoxy groups -OCH3 is 1. The van der Waals surface area contributed by atoms with Gasteiger partial charge in [-0.15, -0.1) is 0 Å². The van der Waals surface area contributed by atoms with Gasteiger partial charge in [0.15, 0.2) is 0 Å². The lowest BCUT2D eigenvalue weighted by Gasteiger charge is -2.24. The van der Waals surface area contributed by atoms with Crippen molar-refractivity contribution in [2.45, 2.75) is 34.1 Å². The van der Waals surface area contributed by atoms with E-state index < -0.39 is 0 Å². The van der Waals surface area contributed by atoms with Gasteiger partial charge >= 0.3 is 0 Å². The molecule has 5 nitrogen and oxygen atoms in total. The molecule has 0 aromatic heterocycles. The lowest BCUT2D eigenvalue weighted by molar-refractivity contribution is -0.117. The predicted molar refractivity (Wildman–Crippen MR) is 110 cm³/mol. The molecule has 0 bridgehead atoms. The molecule has 0 heterocycles. The first-order valence-electron chi connectivity index (χ1n) is 8.72. The molecule has 2 rings (SSSR count). The third-order valence-corrected chi connectivity index (χ3v) is 4.77. The molecule has 1 N–H and O–H groups in total. The third-order valence-electron chi connectivity index (χ3n) is 4.36. The molecule has 2 amide bonds. The van der Waals surface area contributed by atoms with E-state index in [2.05, 4.69) is 5.32 Å². The normalized spacial score (nSPS) is 10.4. The van der Waals surface area contributed by atoms with Gasteiger partial charge in [0.1, 0.15) is 5.75 Å². The van der Waals surface area contributed by atoms with E-state index in [9.17, 15) is 9.59 Å². The molecule has 0 saturated carbocycles. The van der Waals surface area contributed by atoms with Crippen LogP contribution in [-0.2, 0) is 9.59 Å². The third kappa shape index (κ3) is 5.23. The van der Waals surface area contributed by atoms with E-state index in [0.717, 1.165) is 22.4 Å². The minimum absolute atomic E-state index is 0.153. The molecule has 0 saturated heterocycles. The van der Waals surface area contributed by atoms with Crippen molar-refractivity contribution in [1.82, 2.24) is 0 Å². The Morgan fingerprint density at radius 3 is 2.44 bits per heavy atom. The average Bonchev–Trinajstić information content (AvgIpc) is 2.60. The van der Waals surface area contributed by atoms with Crippen LogP contribution in [0.4, 0.5) is 11.4 Å². The standard InChI is InChI=1S/C21H25ClN2O3/c1-13-6-7-14(2)18(10-13)23-21(26)8-9-24(16(4)25)19-11-15(3)17(22)12-20(19)27-5/h6-7,10-12H,8-9H2,1-5H3,(H,23,26). The summed E-state index contributed by atoms with van der Waals surface area (Å²) in [5, 5.41) is 3.48. The van der Waals surface area contributed by atoms with Gasteiger partial charge in [0, 0.05) is 36.7 Å². The molecular formula is C21H25ClN2O3. The van der Waals surface area contributed by atoms with E-state index in [0.29, 0.717) is 16.5 Å². The number of nitrogens with zero attached hydrogens (tertiary/aromatic N) is 1. The topological polar surface area (TPSA) is 58.6 Å². The zero-order chi connectivity index (χ0) is 20.1. The Hall–Kier alpha value is -2.53. The zero-order valence-electron chi connectivity index (χ0n) is 16.4. The smallest absolute Gasteiger partial charge is 0.226 e. The number of carbonyl (C=O) groups is 2. The second-order valence-corrected chi connectivity index (χ2v) is 6.97. The monoisotopic (exact) mass is 388 g/mol. The molecule has 144 valence electrons. The minimum Gasteiger partial charge on any atom is -0.495 e. The van der Waals surface area contributed by atoms with Gasteiger partial charge in [-0.25, -0.2) is 0 Å². The van der Waals surface area contributed by atoms with Crippen molar-refractivity contribution >= 4 is 34.8 Å². The van der Waals surface area contributed by atoms with E-state index in [-0.39, 0.29) is 24.8 Å². The molecule has 6 heteroatoms. The van der Waals surface area contributed by atoms with Gasteiger partial charge in [0.05, 0.1) is 12.8 Å². The molecule has 2 aromatic carbocycles. The second-order valence-electron chi connectivity index (χ2n) is 6.56. The summed E-state index contributed by atoms with van der Waals surface area (Å²) >= 11 is 6.15.